The molecule has 1 aromatic rings. The summed E-state index contributed by atoms with van der Waals surface area (Å²) in [5.41, 5.74) is 10.2. The van der Waals surface area contributed by atoms with Gasteiger partial charge in [0, 0.05) is 24.5 Å². The summed E-state index contributed by atoms with van der Waals surface area (Å²) in [5.74, 6) is 0. The summed E-state index contributed by atoms with van der Waals surface area (Å²) >= 11 is 4.89. The van der Waals surface area contributed by atoms with Gasteiger partial charge in [0.05, 0.1) is 0 Å². The molecule has 0 radical (unpaired) electrons. The Morgan fingerprint density at radius 2 is 1.82 bits per heavy atom. The lowest BCUT2D eigenvalue weighted by molar-refractivity contribution is 0.861. The predicted octanol–water partition coefficient (Wildman–Crippen LogP) is 2.81. The molecule has 1 aromatic carbocycles. The number of thiocarbonyl (C=S) groups is 1. The van der Waals surface area contributed by atoms with Gasteiger partial charge >= 0.3 is 0 Å². The molecule has 0 aliphatic carbocycles. The van der Waals surface area contributed by atoms with Crippen LogP contribution in [0.3, 0.4) is 0 Å². The number of aryl methyl sites for hydroxylation is 2. The zero-order valence-electron chi connectivity index (χ0n) is 11.0. The standard InChI is InChI=1S/C13H21N3S/c1-5-16(6-2)12-8-11(15-13(14)17)9(3)7-10(12)4/h7-8H,5-6H2,1-4H3,(H3,14,15,17). The van der Waals surface area contributed by atoms with Crippen LogP contribution in [0.25, 0.3) is 0 Å². The van der Waals surface area contributed by atoms with Crippen LogP contribution in [0, 0.1) is 13.8 Å². The zero-order valence-corrected chi connectivity index (χ0v) is 11.8. The fraction of sp³-hybridized carbons (Fsp3) is 0.462. The molecule has 0 bridgehead atoms. The second-order valence-electron chi connectivity index (χ2n) is 4.12. The second-order valence-corrected chi connectivity index (χ2v) is 4.55. The Morgan fingerprint density at radius 3 is 2.29 bits per heavy atom. The van der Waals surface area contributed by atoms with Crippen LogP contribution in [0.4, 0.5) is 11.4 Å². The maximum absolute atomic E-state index is 5.53. The van der Waals surface area contributed by atoms with Crippen molar-refractivity contribution in [1.82, 2.24) is 0 Å². The van der Waals surface area contributed by atoms with Crippen molar-refractivity contribution >= 4 is 28.7 Å². The molecule has 0 aromatic heterocycles. The molecule has 3 nitrogen and oxygen atoms in total. The fourth-order valence-electron chi connectivity index (χ4n) is 2.01. The first-order valence-electron chi connectivity index (χ1n) is 5.92. The van der Waals surface area contributed by atoms with Crippen LogP contribution >= 0.6 is 12.2 Å². The summed E-state index contributed by atoms with van der Waals surface area (Å²) in [4.78, 5) is 2.32. The number of benzene rings is 1. The van der Waals surface area contributed by atoms with Crippen molar-refractivity contribution in [1.29, 1.82) is 0 Å². The Bertz CT molecular complexity index is 411. The molecule has 3 N–H and O–H groups in total. The minimum Gasteiger partial charge on any atom is -0.376 e. The van der Waals surface area contributed by atoms with Crippen molar-refractivity contribution in [3.05, 3.63) is 23.3 Å². The van der Waals surface area contributed by atoms with E-state index < -0.39 is 0 Å². The van der Waals surface area contributed by atoms with Crippen LogP contribution in [0.1, 0.15) is 25.0 Å². The molecular weight excluding hydrogens is 230 g/mol. The maximum Gasteiger partial charge on any atom is 0.168 e. The molecule has 0 atom stereocenters. The van der Waals surface area contributed by atoms with E-state index in [4.69, 9.17) is 18.0 Å². The quantitative estimate of drug-likeness (QED) is 0.807. The summed E-state index contributed by atoms with van der Waals surface area (Å²) in [6.45, 7) is 10.5. The van der Waals surface area contributed by atoms with Crippen LogP contribution in [-0.2, 0) is 0 Å². The molecule has 0 unspecified atom stereocenters. The fourth-order valence-corrected chi connectivity index (χ4v) is 2.12. The first-order valence-corrected chi connectivity index (χ1v) is 6.33. The third kappa shape index (κ3) is 3.33. The van der Waals surface area contributed by atoms with E-state index in [0.717, 1.165) is 24.3 Å². The van der Waals surface area contributed by atoms with E-state index in [0.29, 0.717) is 5.11 Å². The minimum absolute atomic E-state index is 0.308. The van der Waals surface area contributed by atoms with Gasteiger partial charge in [-0.15, -0.1) is 0 Å². The summed E-state index contributed by atoms with van der Waals surface area (Å²) in [5, 5.41) is 3.33. The van der Waals surface area contributed by atoms with E-state index in [2.05, 4.69) is 50.0 Å². The van der Waals surface area contributed by atoms with E-state index in [1.165, 1.54) is 11.3 Å². The number of nitrogens with two attached hydrogens (primary N) is 1. The van der Waals surface area contributed by atoms with Gasteiger partial charge in [0.25, 0.3) is 0 Å². The van der Waals surface area contributed by atoms with Crippen LogP contribution < -0.4 is 16.0 Å². The molecule has 0 amide bonds. The summed E-state index contributed by atoms with van der Waals surface area (Å²) < 4.78 is 0. The average Bonchev–Trinajstić information content (AvgIpc) is 2.25. The maximum atomic E-state index is 5.53. The Labute approximate surface area is 109 Å². The van der Waals surface area contributed by atoms with Crippen LogP contribution in [0.15, 0.2) is 12.1 Å². The van der Waals surface area contributed by atoms with Gasteiger partial charge in [-0.1, -0.05) is 6.07 Å². The van der Waals surface area contributed by atoms with E-state index in [9.17, 15) is 0 Å². The highest BCUT2D eigenvalue weighted by Crippen LogP contribution is 2.27. The van der Waals surface area contributed by atoms with Gasteiger partial charge in [-0.25, -0.2) is 0 Å². The molecule has 0 saturated heterocycles. The average molecular weight is 251 g/mol. The largest absolute Gasteiger partial charge is 0.376 e. The topological polar surface area (TPSA) is 41.3 Å². The van der Waals surface area contributed by atoms with Gasteiger partial charge in [-0.2, -0.15) is 0 Å². The first-order chi connectivity index (χ1) is 7.99. The molecule has 4 heteroatoms. The number of nitrogens with zero attached hydrogens (tertiary/aromatic N) is 1. The normalized spacial score (nSPS) is 10.1. The van der Waals surface area contributed by atoms with Crippen molar-refractivity contribution in [3.8, 4) is 0 Å². The molecule has 0 spiro atoms. The predicted molar refractivity (Wildman–Crippen MR) is 79.9 cm³/mol. The lowest BCUT2D eigenvalue weighted by Crippen LogP contribution is -2.24. The number of nitrogens with one attached hydrogen (secondary N) is 1. The minimum atomic E-state index is 0.308. The van der Waals surface area contributed by atoms with Gasteiger partial charge in [0.15, 0.2) is 5.11 Å². The van der Waals surface area contributed by atoms with Gasteiger partial charge in [0.1, 0.15) is 0 Å². The van der Waals surface area contributed by atoms with E-state index in [1.54, 1.807) is 0 Å². The van der Waals surface area contributed by atoms with Crippen molar-refractivity contribution in [3.63, 3.8) is 0 Å². The SMILES string of the molecule is CCN(CC)c1cc(NC(N)=S)c(C)cc1C. The van der Waals surface area contributed by atoms with Crippen molar-refractivity contribution in [2.75, 3.05) is 23.3 Å². The molecule has 0 fully saturated rings. The molecule has 17 heavy (non-hydrogen) atoms. The Balaban J connectivity index is 3.17. The van der Waals surface area contributed by atoms with E-state index in [1.807, 2.05) is 0 Å². The van der Waals surface area contributed by atoms with Gasteiger partial charge in [-0.3, -0.25) is 0 Å². The summed E-state index contributed by atoms with van der Waals surface area (Å²) in [6.07, 6.45) is 0. The summed E-state index contributed by atoms with van der Waals surface area (Å²) in [6, 6.07) is 4.28. The smallest absolute Gasteiger partial charge is 0.168 e. The van der Waals surface area contributed by atoms with E-state index in [-0.39, 0.29) is 0 Å². The number of anilines is 2. The number of rotatable bonds is 4. The Hall–Kier alpha value is -1.29. The van der Waals surface area contributed by atoms with Crippen molar-refractivity contribution < 1.29 is 0 Å². The van der Waals surface area contributed by atoms with Crippen LogP contribution in [0.5, 0.6) is 0 Å². The highest BCUT2D eigenvalue weighted by Gasteiger charge is 2.09. The monoisotopic (exact) mass is 251 g/mol. The third-order valence-electron chi connectivity index (χ3n) is 2.90. The molecule has 94 valence electrons. The number of hydrogen-bond donors (Lipinski definition) is 2. The van der Waals surface area contributed by atoms with Crippen LogP contribution in [-0.4, -0.2) is 18.2 Å². The first kappa shape index (κ1) is 13.8. The lowest BCUT2D eigenvalue weighted by Gasteiger charge is -2.25. The molecule has 0 aliphatic heterocycles. The highest BCUT2D eigenvalue weighted by molar-refractivity contribution is 7.80. The Kier molecular flexibility index (Phi) is 4.75. The van der Waals surface area contributed by atoms with Crippen LogP contribution in [0.2, 0.25) is 0 Å². The highest BCUT2D eigenvalue weighted by atomic mass is 32.1. The van der Waals surface area contributed by atoms with Crippen molar-refractivity contribution in [2.24, 2.45) is 5.73 Å². The third-order valence-corrected chi connectivity index (χ3v) is 3.01. The lowest BCUT2D eigenvalue weighted by atomic mass is 10.1. The second kappa shape index (κ2) is 5.87. The van der Waals surface area contributed by atoms with Crippen molar-refractivity contribution in [2.45, 2.75) is 27.7 Å². The molecule has 1 rings (SSSR count). The van der Waals surface area contributed by atoms with E-state index >= 15 is 0 Å². The zero-order chi connectivity index (χ0) is 13.0. The summed E-state index contributed by atoms with van der Waals surface area (Å²) in [7, 11) is 0. The molecular formula is C13H21N3S. The van der Waals surface area contributed by atoms with Gasteiger partial charge in [0.2, 0.25) is 0 Å². The molecule has 0 aliphatic rings. The van der Waals surface area contributed by atoms with Gasteiger partial charge in [-0.05, 0) is 57.1 Å². The van der Waals surface area contributed by atoms with Gasteiger partial charge < -0.3 is 16.0 Å². The Morgan fingerprint density at radius 1 is 1.24 bits per heavy atom. The molecule has 0 heterocycles. The molecule has 0 saturated carbocycles. The number of hydrogen-bond acceptors (Lipinski definition) is 2.